The maximum absolute atomic E-state index is 12.3. The van der Waals surface area contributed by atoms with Crippen molar-refractivity contribution in [3.05, 3.63) is 11.8 Å². The van der Waals surface area contributed by atoms with Crippen molar-refractivity contribution in [2.45, 2.75) is 51.7 Å². The lowest BCUT2D eigenvalue weighted by molar-refractivity contribution is -0.122. The molecule has 0 aromatic carbocycles. The molecule has 1 aliphatic heterocycles. The van der Waals surface area contributed by atoms with E-state index in [-0.39, 0.29) is 24.0 Å². The lowest BCUT2D eigenvalue weighted by atomic mass is 9.77. The molecule has 2 saturated carbocycles. The molecule has 2 amide bonds. The van der Waals surface area contributed by atoms with Gasteiger partial charge in [0.15, 0.2) is 5.82 Å². The Kier molecular flexibility index (Phi) is 5.68. The third-order valence-corrected chi connectivity index (χ3v) is 6.09. The molecule has 1 aromatic heterocycles. The largest absolute Gasteiger partial charge is 0.376 e. The minimum Gasteiger partial charge on any atom is -0.376 e. The van der Waals surface area contributed by atoms with Crippen molar-refractivity contribution in [3.63, 3.8) is 0 Å². The van der Waals surface area contributed by atoms with Crippen LogP contribution in [0.3, 0.4) is 0 Å². The van der Waals surface area contributed by atoms with Crippen molar-refractivity contribution < 1.29 is 18.8 Å². The first-order valence-corrected chi connectivity index (χ1v) is 10.3. The van der Waals surface area contributed by atoms with E-state index in [9.17, 15) is 9.59 Å². The molecule has 2 aliphatic carbocycles. The molecule has 0 bridgehead atoms. The van der Waals surface area contributed by atoms with E-state index in [4.69, 9.17) is 9.26 Å². The van der Waals surface area contributed by atoms with E-state index in [0.717, 1.165) is 32.5 Å². The van der Waals surface area contributed by atoms with Crippen LogP contribution in [0.4, 0.5) is 5.82 Å². The third-order valence-electron chi connectivity index (χ3n) is 6.09. The molecular weight excluding hydrogens is 360 g/mol. The summed E-state index contributed by atoms with van der Waals surface area (Å²) >= 11 is 0. The number of aromatic nitrogens is 1. The number of carbonyl (C=O) groups excluding carboxylic acids is 2. The van der Waals surface area contributed by atoms with E-state index in [1.165, 1.54) is 12.8 Å². The highest BCUT2D eigenvalue weighted by Gasteiger charge is 2.43. The van der Waals surface area contributed by atoms with Gasteiger partial charge in [-0.05, 0) is 50.4 Å². The van der Waals surface area contributed by atoms with Crippen molar-refractivity contribution in [1.29, 1.82) is 0 Å². The van der Waals surface area contributed by atoms with Crippen molar-refractivity contribution in [1.82, 2.24) is 15.4 Å². The zero-order valence-corrected chi connectivity index (χ0v) is 16.6. The highest BCUT2D eigenvalue weighted by molar-refractivity contribution is 5.91. The summed E-state index contributed by atoms with van der Waals surface area (Å²) in [5.41, 5.74) is 0. The van der Waals surface area contributed by atoms with E-state index in [1.807, 2.05) is 0 Å². The number of rotatable bonds is 7. The molecule has 0 radical (unpaired) electrons. The summed E-state index contributed by atoms with van der Waals surface area (Å²) < 4.78 is 11.2. The molecule has 1 aromatic rings. The van der Waals surface area contributed by atoms with Crippen LogP contribution >= 0.6 is 0 Å². The molecule has 2 N–H and O–H groups in total. The molecule has 154 valence electrons. The first-order chi connectivity index (χ1) is 13.5. The molecule has 1 saturated heterocycles. The Hall–Kier alpha value is -1.93. The van der Waals surface area contributed by atoms with Crippen LogP contribution in [-0.4, -0.2) is 60.3 Å². The molecule has 28 heavy (non-hydrogen) atoms. The van der Waals surface area contributed by atoms with Gasteiger partial charge in [-0.2, -0.15) is 0 Å². The summed E-state index contributed by atoms with van der Waals surface area (Å²) in [6.45, 7) is 6.29. The number of ether oxygens (including phenoxy) is 1. The van der Waals surface area contributed by atoms with Crippen LogP contribution in [0.1, 0.15) is 38.4 Å². The predicted molar refractivity (Wildman–Crippen MR) is 103 cm³/mol. The minimum absolute atomic E-state index is 0.000563. The first kappa shape index (κ1) is 19.4. The van der Waals surface area contributed by atoms with E-state index in [1.54, 1.807) is 19.9 Å². The van der Waals surface area contributed by atoms with Gasteiger partial charge in [0, 0.05) is 32.7 Å². The van der Waals surface area contributed by atoms with Gasteiger partial charge in [-0.1, -0.05) is 5.16 Å². The fourth-order valence-corrected chi connectivity index (χ4v) is 4.59. The Morgan fingerprint density at radius 2 is 2.04 bits per heavy atom. The van der Waals surface area contributed by atoms with E-state index >= 15 is 0 Å². The van der Waals surface area contributed by atoms with Crippen LogP contribution in [0, 0.1) is 24.7 Å². The minimum atomic E-state index is -0.0770. The Morgan fingerprint density at radius 3 is 2.68 bits per heavy atom. The van der Waals surface area contributed by atoms with Crippen LogP contribution < -0.4 is 10.6 Å². The average molecular weight is 390 g/mol. The number of amides is 2. The van der Waals surface area contributed by atoms with Gasteiger partial charge in [0.05, 0.1) is 18.7 Å². The summed E-state index contributed by atoms with van der Waals surface area (Å²) in [6, 6.07) is 1.78. The van der Waals surface area contributed by atoms with Crippen molar-refractivity contribution in [2.75, 3.05) is 31.6 Å². The molecule has 3 fully saturated rings. The molecule has 0 unspecified atom stereocenters. The van der Waals surface area contributed by atoms with Crippen LogP contribution in [0.25, 0.3) is 0 Å². The van der Waals surface area contributed by atoms with Crippen LogP contribution in [0.2, 0.25) is 0 Å². The first-order valence-electron chi connectivity index (χ1n) is 10.3. The molecule has 8 heteroatoms. The number of anilines is 1. The van der Waals surface area contributed by atoms with Crippen molar-refractivity contribution in [3.8, 4) is 0 Å². The van der Waals surface area contributed by atoms with Gasteiger partial charge >= 0.3 is 0 Å². The molecule has 2 heterocycles. The number of hydrogen-bond donors (Lipinski definition) is 2. The van der Waals surface area contributed by atoms with Gasteiger partial charge in [-0.3, -0.25) is 14.5 Å². The second-order valence-corrected chi connectivity index (χ2v) is 8.68. The normalized spacial score (nSPS) is 30.1. The SMILES string of the molecule is CC(=O)N[C@@H]1C[C@@H]2CN(CC(=O)Nc3cc(C)on3)C[C@@H]2C[C@H]1OCC1CC1. The van der Waals surface area contributed by atoms with Crippen molar-refractivity contribution >= 4 is 17.6 Å². The average Bonchev–Trinajstić information content (AvgIpc) is 3.24. The molecule has 3 aliphatic rings. The summed E-state index contributed by atoms with van der Waals surface area (Å²) in [5.74, 6) is 2.75. The highest BCUT2D eigenvalue weighted by atomic mass is 16.5. The Balaban J connectivity index is 1.31. The maximum Gasteiger partial charge on any atom is 0.239 e. The lowest BCUT2D eigenvalue weighted by Gasteiger charge is -2.38. The van der Waals surface area contributed by atoms with Gasteiger partial charge in [-0.25, -0.2) is 0 Å². The second-order valence-electron chi connectivity index (χ2n) is 8.68. The monoisotopic (exact) mass is 390 g/mol. The zero-order valence-electron chi connectivity index (χ0n) is 16.6. The number of aryl methyl sites for hydroxylation is 1. The fraction of sp³-hybridized carbons (Fsp3) is 0.750. The number of likely N-dealkylation sites (tertiary alicyclic amines) is 1. The Morgan fingerprint density at radius 1 is 1.29 bits per heavy atom. The highest BCUT2D eigenvalue weighted by Crippen LogP contribution is 2.38. The number of nitrogens with zero attached hydrogens (tertiary/aromatic N) is 2. The van der Waals surface area contributed by atoms with Gasteiger partial charge in [-0.15, -0.1) is 0 Å². The van der Waals surface area contributed by atoms with Gasteiger partial charge in [0.25, 0.3) is 0 Å². The number of fused-ring (bicyclic) bond motifs is 1. The van der Waals surface area contributed by atoms with E-state index in [0.29, 0.717) is 35.9 Å². The fourth-order valence-electron chi connectivity index (χ4n) is 4.59. The smallest absolute Gasteiger partial charge is 0.239 e. The number of hydrogen-bond acceptors (Lipinski definition) is 6. The maximum atomic E-state index is 12.3. The van der Waals surface area contributed by atoms with Gasteiger partial charge < -0.3 is 19.9 Å². The second kappa shape index (κ2) is 8.21. The Labute approximate surface area is 165 Å². The Bertz CT molecular complexity index is 717. The van der Waals surface area contributed by atoms with E-state index < -0.39 is 0 Å². The third kappa shape index (κ3) is 4.91. The summed E-state index contributed by atoms with van der Waals surface area (Å²) in [5, 5.41) is 9.69. The standard InChI is InChI=1S/C20H30N4O4/c1-12-5-19(23-28-12)22-20(26)10-24-8-15-6-17(21-13(2)25)18(7-16(15)9-24)27-11-14-3-4-14/h5,14-18H,3-4,6-11H2,1-2H3,(H,21,25)(H,22,23,26)/t15-,16+,17-,18-/m1/s1. The molecule has 0 spiro atoms. The summed E-state index contributed by atoms with van der Waals surface area (Å²) in [7, 11) is 0. The van der Waals surface area contributed by atoms with Gasteiger partial charge in [0.1, 0.15) is 5.76 Å². The number of carbonyl (C=O) groups is 2. The van der Waals surface area contributed by atoms with Crippen molar-refractivity contribution in [2.24, 2.45) is 17.8 Å². The van der Waals surface area contributed by atoms with Gasteiger partial charge in [0.2, 0.25) is 11.8 Å². The number of nitrogens with one attached hydrogen (secondary N) is 2. The lowest BCUT2D eigenvalue weighted by Crippen LogP contribution is -2.50. The van der Waals surface area contributed by atoms with Crippen LogP contribution in [-0.2, 0) is 14.3 Å². The van der Waals surface area contributed by atoms with Crippen LogP contribution in [0.5, 0.6) is 0 Å². The quantitative estimate of drug-likeness (QED) is 0.733. The summed E-state index contributed by atoms with van der Waals surface area (Å²) in [6.07, 6.45) is 4.47. The summed E-state index contributed by atoms with van der Waals surface area (Å²) in [4.78, 5) is 26.2. The predicted octanol–water partition coefficient (Wildman–Crippen LogP) is 1.56. The van der Waals surface area contributed by atoms with Crippen LogP contribution in [0.15, 0.2) is 10.6 Å². The molecule has 4 atom stereocenters. The molecule has 4 rings (SSSR count). The molecular formula is C20H30N4O4. The molecule has 8 nitrogen and oxygen atoms in total. The topological polar surface area (TPSA) is 96.7 Å². The van der Waals surface area contributed by atoms with E-state index in [2.05, 4.69) is 20.7 Å². The zero-order chi connectivity index (χ0) is 19.7.